The average Bonchev–Trinajstić information content (AvgIpc) is 3.53. The number of nitrogens with zero attached hydrogens (tertiary/aromatic N) is 1. The number of carbonyl (C=O) groups is 8. The van der Waals surface area contributed by atoms with Crippen LogP contribution in [-0.2, 0) is 38.4 Å². The van der Waals surface area contributed by atoms with Gasteiger partial charge in [-0.1, -0.05) is 13.8 Å². The van der Waals surface area contributed by atoms with Gasteiger partial charge in [-0.25, -0.2) is 0 Å². The number of hydrogen-bond donors (Lipinski definition) is 11. The first-order valence-electron chi connectivity index (χ1n) is 16.0. The van der Waals surface area contributed by atoms with Crippen molar-refractivity contribution in [2.45, 2.75) is 101 Å². The van der Waals surface area contributed by atoms with Gasteiger partial charge in [0.05, 0.1) is 19.3 Å². The molecule has 20 heteroatoms. The van der Waals surface area contributed by atoms with E-state index < -0.39 is 109 Å². The maximum absolute atomic E-state index is 13.8. The number of hydrogen-bond acceptors (Lipinski definition) is 12. The first-order valence-corrected chi connectivity index (χ1v) is 16.6. The first kappa shape index (κ1) is 41.2. The molecule has 0 bridgehead atoms. The van der Waals surface area contributed by atoms with Gasteiger partial charge in [0, 0.05) is 18.7 Å². The van der Waals surface area contributed by atoms with E-state index in [1.165, 1.54) is 4.90 Å². The molecule has 0 aromatic rings. The number of carbonyl (C=O) groups excluding carboxylic acids is 8. The van der Waals surface area contributed by atoms with Crippen LogP contribution in [0.15, 0.2) is 0 Å². The van der Waals surface area contributed by atoms with Crippen LogP contribution in [0.1, 0.15) is 52.9 Å². The summed E-state index contributed by atoms with van der Waals surface area (Å²) in [5.74, 6) is -7.78. The Morgan fingerprint density at radius 3 is 1.78 bits per heavy atom. The van der Waals surface area contributed by atoms with Crippen molar-refractivity contribution >= 4 is 59.9 Å². The minimum atomic E-state index is -1.73. The predicted octanol–water partition coefficient (Wildman–Crippen LogP) is -5.49. The summed E-state index contributed by atoms with van der Waals surface area (Å²) in [6, 6.07) is -10.2. The van der Waals surface area contributed by atoms with E-state index in [1.54, 1.807) is 13.8 Å². The van der Waals surface area contributed by atoms with Crippen molar-refractivity contribution in [2.75, 3.05) is 25.5 Å². The molecule has 11 N–H and O–H groups in total. The molecule has 2 aliphatic heterocycles. The lowest BCUT2D eigenvalue weighted by molar-refractivity contribution is -0.143. The van der Waals surface area contributed by atoms with E-state index in [9.17, 15) is 53.7 Å². The minimum absolute atomic E-state index is 0.116. The standard InChI is InChI=1S/C29H48N8O11S/c1-13(2)9-16-29(48)37-8-4-5-20(37)27(46)31-15(6-7-21(30)41)23(42)36-22(14(3)40)28(47)34-18(11-39)25(44)35-19(12-49)26(45)33-17(10-38)24(43)32-16/h13-20,22,38-40,49H,4-12H2,1-3H3,(H2,30,41)(H,31,46)(H,32,43)(H,33,45)(H,34,47)(H,35,44)(H,36,42)/t14-,15+,16+,17+,18+,19+,20+,22+/m1/s1. The fourth-order valence-corrected chi connectivity index (χ4v) is 5.60. The zero-order valence-electron chi connectivity index (χ0n) is 27.6. The summed E-state index contributed by atoms with van der Waals surface area (Å²) >= 11 is 4.06. The summed E-state index contributed by atoms with van der Waals surface area (Å²) in [7, 11) is 0. The van der Waals surface area contributed by atoms with Gasteiger partial charge in [-0.05, 0) is 38.5 Å². The second-order valence-electron chi connectivity index (χ2n) is 12.4. The van der Waals surface area contributed by atoms with Gasteiger partial charge in [-0.2, -0.15) is 12.6 Å². The molecule has 2 aliphatic rings. The Kier molecular flexibility index (Phi) is 16.2. The molecule has 49 heavy (non-hydrogen) atoms. The zero-order valence-corrected chi connectivity index (χ0v) is 28.5. The van der Waals surface area contributed by atoms with Crippen LogP contribution in [0.4, 0.5) is 0 Å². The molecular formula is C29H48N8O11S. The van der Waals surface area contributed by atoms with Crippen molar-refractivity contribution in [3.63, 3.8) is 0 Å². The fourth-order valence-electron chi connectivity index (χ4n) is 5.34. The number of aliphatic hydroxyl groups excluding tert-OH is 3. The molecule has 0 spiro atoms. The molecule has 19 nitrogen and oxygen atoms in total. The van der Waals surface area contributed by atoms with Crippen molar-refractivity contribution in [3.05, 3.63) is 0 Å². The van der Waals surface area contributed by atoms with Crippen molar-refractivity contribution in [2.24, 2.45) is 11.7 Å². The third-order valence-corrected chi connectivity index (χ3v) is 8.35. The van der Waals surface area contributed by atoms with Gasteiger partial charge in [0.15, 0.2) is 0 Å². The van der Waals surface area contributed by atoms with Crippen LogP contribution in [0, 0.1) is 5.92 Å². The smallest absolute Gasteiger partial charge is 0.245 e. The highest BCUT2D eigenvalue weighted by Gasteiger charge is 2.41. The van der Waals surface area contributed by atoms with E-state index in [0.29, 0.717) is 6.42 Å². The number of fused-ring (bicyclic) bond motifs is 1. The first-order chi connectivity index (χ1) is 23.0. The number of nitrogens with two attached hydrogens (primary N) is 1. The quantitative estimate of drug-likeness (QED) is 0.100. The van der Waals surface area contributed by atoms with E-state index in [0.717, 1.165) is 6.92 Å². The molecule has 276 valence electrons. The fraction of sp³-hybridized carbons (Fsp3) is 0.724. The number of thiol groups is 1. The van der Waals surface area contributed by atoms with Gasteiger partial charge in [0.2, 0.25) is 47.3 Å². The molecule has 0 aromatic carbocycles. The Bertz CT molecular complexity index is 1250. The second-order valence-corrected chi connectivity index (χ2v) is 12.8. The third kappa shape index (κ3) is 11.8. The average molecular weight is 717 g/mol. The summed E-state index contributed by atoms with van der Waals surface area (Å²) in [6.07, 6.45) is -1.55. The highest BCUT2D eigenvalue weighted by atomic mass is 32.1. The van der Waals surface area contributed by atoms with Gasteiger partial charge in [-0.15, -0.1) is 0 Å². The van der Waals surface area contributed by atoms with E-state index >= 15 is 0 Å². The normalized spacial score (nSPS) is 29.0. The molecule has 0 radical (unpaired) electrons. The number of primary amides is 1. The summed E-state index contributed by atoms with van der Waals surface area (Å²) in [5, 5.41) is 44.2. The Morgan fingerprint density at radius 2 is 1.27 bits per heavy atom. The Hall–Kier alpha value is -4.01. The van der Waals surface area contributed by atoms with E-state index in [4.69, 9.17) is 5.73 Å². The van der Waals surface area contributed by atoms with Gasteiger partial charge in [0.1, 0.15) is 42.3 Å². The monoisotopic (exact) mass is 716 g/mol. The highest BCUT2D eigenvalue weighted by molar-refractivity contribution is 7.80. The third-order valence-electron chi connectivity index (χ3n) is 7.98. The van der Waals surface area contributed by atoms with Crippen LogP contribution < -0.4 is 37.6 Å². The molecule has 2 rings (SSSR count). The van der Waals surface area contributed by atoms with Crippen LogP contribution >= 0.6 is 12.6 Å². The number of nitrogens with one attached hydrogen (secondary N) is 6. The lowest BCUT2D eigenvalue weighted by atomic mass is 10.0. The molecule has 8 amide bonds. The van der Waals surface area contributed by atoms with Crippen molar-refractivity contribution in [3.8, 4) is 0 Å². The Morgan fingerprint density at radius 1 is 0.776 bits per heavy atom. The van der Waals surface area contributed by atoms with Gasteiger partial charge < -0.3 is 57.9 Å². The van der Waals surface area contributed by atoms with Crippen molar-refractivity contribution in [1.82, 2.24) is 36.8 Å². The lowest BCUT2D eigenvalue weighted by Crippen LogP contribution is -2.62. The number of rotatable bonds is 9. The van der Waals surface area contributed by atoms with E-state index in [1.807, 2.05) is 0 Å². The van der Waals surface area contributed by atoms with Gasteiger partial charge in [-0.3, -0.25) is 38.4 Å². The Labute approximate surface area is 288 Å². The number of aliphatic hydroxyl groups is 3. The second kappa shape index (κ2) is 19.2. The lowest BCUT2D eigenvalue weighted by Gasteiger charge is -2.31. The molecule has 0 saturated carbocycles. The molecule has 2 heterocycles. The maximum atomic E-state index is 13.8. The molecule has 0 unspecified atom stereocenters. The van der Waals surface area contributed by atoms with Crippen LogP contribution in [0.3, 0.4) is 0 Å². The topological polar surface area (TPSA) is 299 Å². The largest absolute Gasteiger partial charge is 0.394 e. The Balaban J connectivity index is 2.59. The highest BCUT2D eigenvalue weighted by Crippen LogP contribution is 2.21. The van der Waals surface area contributed by atoms with E-state index in [-0.39, 0.29) is 43.9 Å². The molecule has 0 aromatic heterocycles. The SMILES string of the molecule is CC(C)C[C@@H]1NC(=O)[C@H](CO)NC(=O)[C@H](CS)NC(=O)[C@H](CO)NC(=O)[C@H]([C@@H](C)O)NC(=O)[C@H](CCC(N)=O)NC(=O)[C@@H]2CCCN2C1=O. The van der Waals surface area contributed by atoms with Gasteiger partial charge in [0.25, 0.3) is 0 Å². The molecular weight excluding hydrogens is 668 g/mol. The molecule has 8 atom stereocenters. The van der Waals surface area contributed by atoms with Gasteiger partial charge >= 0.3 is 0 Å². The maximum Gasteiger partial charge on any atom is 0.245 e. The van der Waals surface area contributed by atoms with Crippen LogP contribution in [0.5, 0.6) is 0 Å². The van der Waals surface area contributed by atoms with Crippen LogP contribution in [0.2, 0.25) is 0 Å². The van der Waals surface area contributed by atoms with Crippen LogP contribution in [0.25, 0.3) is 0 Å². The van der Waals surface area contributed by atoms with Crippen molar-refractivity contribution in [1.29, 1.82) is 0 Å². The molecule has 2 fully saturated rings. The predicted molar refractivity (Wildman–Crippen MR) is 174 cm³/mol. The minimum Gasteiger partial charge on any atom is -0.394 e. The van der Waals surface area contributed by atoms with E-state index in [2.05, 4.69) is 44.5 Å². The summed E-state index contributed by atoms with van der Waals surface area (Å²) in [6.45, 7) is 2.98. The summed E-state index contributed by atoms with van der Waals surface area (Å²) in [4.78, 5) is 106. The van der Waals surface area contributed by atoms with Crippen molar-refractivity contribution < 1.29 is 53.7 Å². The zero-order chi connectivity index (χ0) is 37.0. The summed E-state index contributed by atoms with van der Waals surface area (Å²) in [5.41, 5.74) is 5.27. The summed E-state index contributed by atoms with van der Waals surface area (Å²) < 4.78 is 0. The number of amides is 8. The van der Waals surface area contributed by atoms with Crippen LogP contribution in [-0.4, -0.2) is 141 Å². The molecule has 2 saturated heterocycles. The molecule has 0 aliphatic carbocycles.